The highest BCUT2D eigenvalue weighted by Crippen LogP contribution is 2.37. The van der Waals surface area contributed by atoms with Crippen molar-refractivity contribution in [2.24, 2.45) is 5.10 Å². The quantitative estimate of drug-likeness (QED) is 0.754. The summed E-state index contributed by atoms with van der Waals surface area (Å²) < 4.78 is 5.38. The first-order chi connectivity index (χ1) is 12.4. The number of carbonyl (C=O) groups is 1. The molecule has 0 spiro atoms. The maximum absolute atomic E-state index is 12.8. The largest absolute Gasteiger partial charge is 0.503 e. The monoisotopic (exact) mass is 390 g/mol. The van der Waals surface area contributed by atoms with E-state index in [0.29, 0.717) is 34.2 Å². The molecule has 1 heterocycles. The molecule has 0 saturated heterocycles. The SMILES string of the molecule is CCOc1cc(/C=C2\C(=O)N(c3ccccc3Cl)N=C2C)cc(Cl)c1O. The van der Waals surface area contributed by atoms with Crippen LogP contribution in [0.2, 0.25) is 10.0 Å². The number of amides is 1. The normalized spacial score (nSPS) is 15.5. The van der Waals surface area contributed by atoms with Crippen molar-refractivity contribution < 1.29 is 14.6 Å². The van der Waals surface area contributed by atoms with Gasteiger partial charge in [0.2, 0.25) is 0 Å². The summed E-state index contributed by atoms with van der Waals surface area (Å²) in [5.41, 5.74) is 2.10. The first-order valence-electron chi connectivity index (χ1n) is 7.94. The van der Waals surface area contributed by atoms with E-state index in [4.69, 9.17) is 27.9 Å². The second-order valence-corrected chi connectivity index (χ2v) is 6.41. The topological polar surface area (TPSA) is 62.1 Å². The van der Waals surface area contributed by atoms with Gasteiger partial charge < -0.3 is 9.84 Å². The molecule has 1 N–H and O–H groups in total. The van der Waals surface area contributed by atoms with Crippen LogP contribution in [0.1, 0.15) is 19.4 Å². The molecule has 2 aromatic carbocycles. The summed E-state index contributed by atoms with van der Waals surface area (Å²) in [7, 11) is 0. The van der Waals surface area contributed by atoms with E-state index in [0.717, 1.165) is 0 Å². The van der Waals surface area contributed by atoms with Gasteiger partial charge in [-0.05, 0) is 49.8 Å². The fourth-order valence-electron chi connectivity index (χ4n) is 2.58. The van der Waals surface area contributed by atoms with Crippen molar-refractivity contribution in [2.45, 2.75) is 13.8 Å². The van der Waals surface area contributed by atoms with Crippen LogP contribution in [0.4, 0.5) is 5.69 Å². The molecule has 0 fully saturated rings. The predicted octanol–water partition coefficient (Wildman–Crippen LogP) is 4.90. The van der Waals surface area contributed by atoms with E-state index >= 15 is 0 Å². The summed E-state index contributed by atoms with van der Waals surface area (Å²) in [6, 6.07) is 10.2. The van der Waals surface area contributed by atoms with Gasteiger partial charge in [-0.1, -0.05) is 35.3 Å². The average Bonchev–Trinajstić information content (AvgIpc) is 2.88. The van der Waals surface area contributed by atoms with Crippen LogP contribution in [-0.4, -0.2) is 23.3 Å². The number of anilines is 1. The van der Waals surface area contributed by atoms with Crippen LogP contribution in [-0.2, 0) is 4.79 Å². The molecule has 0 aromatic heterocycles. The van der Waals surface area contributed by atoms with Gasteiger partial charge in [0.15, 0.2) is 11.5 Å². The minimum absolute atomic E-state index is 0.128. The van der Waals surface area contributed by atoms with Crippen molar-refractivity contribution in [3.05, 3.63) is 57.6 Å². The number of benzene rings is 2. The van der Waals surface area contributed by atoms with Gasteiger partial charge in [-0.2, -0.15) is 10.1 Å². The Labute approximate surface area is 161 Å². The number of carbonyl (C=O) groups excluding carboxylic acids is 1. The maximum Gasteiger partial charge on any atom is 0.280 e. The molecule has 26 heavy (non-hydrogen) atoms. The van der Waals surface area contributed by atoms with Gasteiger partial charge in [0, 0.05) is 0 Å². The van der Waals surface area contributed by atoms with Gasteiger partial charge in [-0.25, -0.2) is 0 Å². The Kier molecular flexibility index (Phi) is 5.20. The van der Waals surface area contributed by atoms with Gasteiger partial charge >= 0.3 is 0 Å². The fourth-order valence-corrected chi connectivity index (χ4v) is 3.02. The van der Waals surface area contributed by atoms with E-state index in [1.165, 1.54) is 5.01 Å². The molecule has 3 rings (SSSR count). The van der Waals surface area contributed by atoms with Crippen molar-refractivity contribution in [3.8, 4) is 11.5 Å². The lowest BCUT2D eigenvalue weighted by Crippen LogP contribution is -2.21. The van der Waals surface area contributed by atoms with Gasteiger partial charge in [0.25, 0.3) is 5.91 Å². The third-order valence-corrected chi connectivity index (χ3v) is 4.41. The summed E-state index contributed by atoms with van der Waals surface area (Å²) in [5, 5.41) is 16.1. The number of ether oxygens (including phenoxy) is 1. The smallest absolute Gasteiger partial charge is 0.280 e. The van der Waals surface area contributed by atoms with Crippen LogP contribution in [0.25, 0.3) is 6.08 Å². The molecule has 134 valence electrons. The number of hydrogen-bond donors (Lipinski definition) is 1. The highest BCUT2D eigenvalue weighted by Gasteiger charge is 2.30. The number of rotatable bonds is 4. The Balaban J connectivity index is 1.99. The van der Waals surface area contributed by atoms with Crippen molar-refractivity contribution in [1.82, 2.24) is 0 Å². The van der Waals surface area contributed by atoms with Crippen LogP contribution < -0.4 is 9.75 Å². The molecule has 1 amide bonds. The van der Waals surface area contributed by atoms with Crippen molar-refractivity contribution in [3.63, 3.8) is 0 Å². The Morgan fingerprint density at radius 3 is 2.65 bits per heavy atom. The first kappa shape index (κ1) is 18.3. The molecule has 1 aliphatic heterocycles. The standard InChI is InChI=1S/C19H16Cl2N2O3/c1-3-26-17-10-12(9-15(21)18(17)24)8-13-11(2)22-23(19(13)25)16-7-5-4-6-14(16)20/h4-10,24H,3H2,1-2H3/b13-8-. The Morgan fingerprint density at radius 1 is 1.23 bits per heavy atom. The molecule has 0 atom stereocenters. The lowest BCUT2D eigenvalue weighted by Gasteiger charge is -2.13. The van der Waals surface area contributed by atoms with Crippen molar-refractivity contribution in [2.75, 3.05) is 11.6 Å². The molecule has 5 nitrogen and oxygen atoms in total. The number of halogens is 2. The zero-order valence-electron chi connectivity index (χ0n) is 14.2. The summed E-state index contributed by atoms with van der Waals surface area (Å²) >= 11 is 12.2. The zero-order valence-corrected chi connectivity index (χ0v) is 15.7. The summed E-state index contributed by atoms with van der Waals surface area (Å²) in [6.07, 6.45) is 1.66. The lowest BCUT2D eigenvalue weighted by atomic mass is 10.1. The Bertz CT molecular complexity index is 938. The van der Waals surface area contributed by atoms with Crippen LogP contribution >= 0.6 is 23.2 Å². The zero-order chi connectivity index (χ0) is 18.8. The Hall–Kier alpha value is -2.50. The Morgan fingerprint density at radius 2 is 1.96 bits per heavy atom. The van der Waals surface area contributed by atoms with Crippen LogP contribution in [0, 0.1) is 0 Å². The predicted molar refractivity (Wildman–Crippen MR) is 104 cm³/mol. The van der Waals surface area contributed by atoms with Gasteiger partial charge in [0.05, 0.1) is 33.6 Å². The molecule has 0 radical (unpaired) electrons. The summed E-state index contributed by atoms with van der Waals surface area (Å²) in [5.74, 6) is -0.163. The minimum atomic E-state index is -0.294. The highest BCUT2D eigenvalue weighted by molar-refractivity contribution is 6.37. The minimum Gasteiger partial charge on any atom is -0.503 e. The molecular weight excluding hydrogens is 375 g/mol. The second-order valence-electron chi connectivity index (χ2n) is 5.59. The number of nitrogens with zero attached hydrogens (tertiary/aromatic N) is 2. The average molecular weight is 391 g/mol. The van der Waals surface area contributed by atoms with Gasteiger partial charge in [-0.15, -0.1) is 0 Å². The van der Waals surface area contributed by atoms with Crippen LogP contribution in [0.15, 0.2) is 47.1 Å². The third-order valence-electron chi connectivity index (χ3n) is 3.80. The number of hydrogen-bond acceptors (Lipinski definition) is 4. The number of phenols is 1. The van der Waals surface area contributed by atoms with E-state index in [2.05, 4.69) is 5.10 Å². The molecule has 1 aliphatic rings. The number of hydrazone groups is 1. The van der Waals surface area contributed by atoms with Crippen LogP contribution in [0.5, 0.6) is 11.5 Å². The molecule has 0 unspecified atom stereocenters. The van der Waals surface area contributed by atoms with Crippen molar-refractivity contribution >= 4 is 46.6 Å². The number of phenolic OH excluding ortho intramolecular Hbond substituents is 1. The third kappa shape index (κ3) is 3.41. The van der Waals surface area contributed by atoms with Crippen LogP contribution in [0.3, 0.4) is 0 Å². The lowest BCUT2D eigenvalue weighted by molar-refractivity contribution is -0.114. The highest BCUT2D eigenvalue weighted by atomic mass is 35.5. The molecular formula is C19H16Cl2N2O3. The van der Waals surface area contributed by atoms with Gasteiger partial charge in [-0.3, -0.25) is 4.79 Å². The van der Waals surface area contributed by atoms with E-state index in [-0.39, 0.29) is 22.4 Å². The maximum atomic E-state index is 12.8. The van der Waals surface area contributed by atoms with Gasteiger partial charge in [0.1, 0.15) is 0 Å². The number of aromatic hydroxyl groups is 1. The summed E-state index contributed by atoms with van der Waals surface area (Å²) in [4.78, 5) is 12.8. The first-order valence-corrected chi connectivity index (χ1v) is 8.69. The van der Waals surface area contributed by atoms with Crippen molar-refractivity contribution in [1.29, 1.82) is 0 Å². The summed E-state index contributed by atoms with van der Waals surface area (Å²) in [6.45, 7) is 3.92. The van der Waals surface area contributed by atoms with E-state index in [9.17, 15) is 9.90 Å². The molecule has 2 aromatic rings. The molecule has 0 bridgehead atoms. The van der Waals surface area contributed by atoms with E-state index < -0.39 is 0 Å². The van der Waals surface area contributed by atoms with E-state index in [1.807, 2.05) is 0 Å². The molecule has 0 saturated carbocycles. The van der Waals surface area contributed by atoms with E-state index in [1.54, 1.807) is 56.3 Å². The second kappa shape index (κ2) is 7.40. The number of para-hydroxylation sites is 1. The molecule has 0 aliphatic carbocycles. The fraction of sp³-hybridized carbons (Fsp3) is 0.158. The molecule has 7 heteroatoms.